The number of carbonyl (C=O) groups excluding carboxylic acids is 1. The predicted octanol–water partition coefficient (Wildman–Crippen LogP) is 3.18. The number of rotatable bonds is 6. The Bertz CT molecular complexity index is 1150. The summed E-state index contributed by atoms with van der Waals surface area (Å²) >= 11 is 1.90. The molecule has 2 aliphatic heterocycles. The van der Waals surface area contributed by atoms with Crippen LogP contribution in [-0.4, -0.2) is 77.3 Å². The topological polar surface area (TPSA) is 115 Å². The van der Waals surface area contributed by atoms with E-state index in [1.165, 1.54) is 0 Å². The lowest BCUT2D eigenvalue weighted by Crippen LogP contribution is -2.46. The molecule has 1 amide bonds. The SMILES string of the molecule is NC(=O)[C@H]1[C@H]2C[C@H]3[C@H]1Nc1nc(ncc1F)Nc1cccc(c1)[C@H](OCCCN1CCOCC1)CS[C@@H]3C2. The molecule has 6 bridgehead atoms. The van der Waals surface area contributed by atoms with Crippen LogP contribution < -0.4 is 16.4 Å². The number of hydrogen-bond donors (Lipinski definition) is 3. The van der Waals surface area contributed by atoms with Crippen LogP contribution in [0.2, 0.25) is 0 Å². The highest BCUT2D eigenvalue weighted by atomic mass is 32.2. The van der Waals surface area contributed by atoms with Crippen molar-refractivity contribution in [1.82, 2.24) is 14.9 Å². The Morgan fingerprint density at radius 2 is 2.16 bits per heavy atom. The van der Waals surface area contributed by atoms with Crippen molar-refractivity contribution in [1.29, 1.82) is 0 Å². The number of aromatic nitrogens is 2. The van der Waals surface area contributed by atoms with Gasteiger partial charge in [0.2, 0.25) is 11.9 Å². The molecular formula is C27H35FN6O3S. The predicted molar refractivity (Wildman–Crippen MR) is 145 cm³/mol. The molecule has 1 saturated heterocycles. The Labute approximate surface area is 226 Å². The monoisotopic (exact) mass is 542 g/mol. The molecule has 1 aromatic heterocycles. The molecule has 3 fully saturated rings. The molecule has 11 heteroatoms. The molecule has 0 radical (unpaired) electrons. The number of ether oxygens (including phenoxy) is 2. The van der Waals surface area contributed by atoms with E-state index in [4.69, 9.17) is 15.2 Å². The number of benzene rings is 1. The Morgan fingerprint density at radius 1 is 1.29 bits per heavy atom. The summed E-state index contributed by atoms with van der Waals surface area (Å²) in [6, 6.07) is 7.83. The molecule has 9 nitrogen and oxygen atoms in total. The molecular weight excluding hydrogens is 507 g/mol. The molecule has 2 aliphatic carbocycles. The molecule has 38 heavy (non-hydrogen) atoms. The number of fused-ring (bicyclic) bond motifs is 5. The highest BCUT2D eigenvalue weighted by molar-refractivity contribution is 7.99. The number of morpholine rings is 1. The number of hydrogen-bond acceptors (Lipinski definition) is 9. The van der Waals surface area contributed by atoms with Gasteiger partial charge in [0.15, 0.2) is 11.6 Å². The van der Waals surface area contributed by atoms with Crippen LogP contribution in [0, 0.1) is 23.6 Å². The summed E-state index contributed by atoms with van der Waals surface area (Å²) in [4.78, 5) is 23.4. The second-order valence-electron chi connectivity index (χ2n) is 10.7. The zero-order chi connectivity index (χ0) is 26.1. The second-order valence-corrected chi connectivity index (χ2v) is 11.9. The van der Waals surface area contributed by atoms with E-state index >= 15 is 0 Å². The van der Waals surface area contributed by atoms with E-state index in [0.717, 1.165) is 75.3 Å². The fourth-order valence-electron chi connectivity index (χ4n) is 6.52. The molecule has 204 valence electrons. The minimum Gasteiger partial charge on any atom is -0.379 e. The standard InChI is InChI=1S/C27H35FN6O3S/c28-20-14-30-27-31-18-4-1-3-16(11-18)21(37-8-2-5-34-6-9-36-10-7-34)15-38-22-13-17-12-19(22)24(23(17)25(29)35)32-26(20)33-27/h1,3-4,11,14,17,19,21-24H,2,5-10,12-13,15H2,(H2,29,35)(H2,30,31,32,33)/t17-,19+,21+,22+,23-,24+/m0/s1. The molecule has 6 rings (SSSR count). The molecule has 2 saturated carbocycles. The Hall–Kier alpha value is -2.47. The van der Waals surface area contributed by atoms with Crippen molar-refractivity contribution >= 4 is 35.1 Å². The number of nitrogens with zero attached hydrogens (tertiary/aromatic N) is 3. The van der Waals surface area contributed by atoms with E-state index in [9.17, 15) is 9.18 Å². The largest absolute Gasteiger partial charge is 0.379 e. The number of anilines is 3. The summed E-state index contributed by atoms with van der Waals surface area (Å²) in [5, 5.41) is 6.80. The fraction of sp³-hybridized carbons (Fsp3) is 0.593. The molecule has 4 aliphatic rings. The summed E-state index contributed by atoms with van der Waals surface area (Å²) in [6.07, 6.45) is 3.89. The van der Waals surface area contributed by atoms with Crippen LogP contribution in [0.15, 0.2) is 30.5 Å². The second kappa shape index (κ2) is 11.3. The fourth-order valence-corrected chi connectivity index (χ4v) is 8.14. The molecule has 0 spiro atoms. The van der Waals surface area contributed by atoms with Crippen LogP contribution in [0.4, 0.5) is 21.8 Å². The van der Waals surface area contributed by atoms with Gasteiger partial charge in [-0.15, -0.1) is 0 Å². The zero-order valence-corrected chi connectivity index (χ0v) is 22.2. The van der Waals surface area contributed by atoms with Gasteiger partial charge in [-0.05, 0) is 48.8 Å². The molecule has 4 N–H and O–H groups in total. The number of halogens is 1. The summed E-state index contributed by atoms with van der Waals surface area (Å²) in [7, 11) is 0. The van der Waals surface area contributed by atoms with Gasteiger partial charge in [-0.25, -0.2) is 9.37 Å². The van der Waals surface area contributed by atoms with E-state index in [2.05, 4.69) is 37.6 Å². The minimum absolute atomic E-state index is 0.0726. The number of carbonyl (C=O) groups is 1. The van der Waals surface area contributed by atoms with Crippen molar-refractivity contribution in [3.05, 3.63) is 41.8 Å². The van der Waals surface area contributed by atoms with Gasteiger partial charge in [0.1, 0.15) is 0 Å². The quantitative estimate of drug-likeness (QED) is 0.474. The average molecular weight is 543 g/mol. The van der Waals surface area contributed by atoms with Crippen LogP contribution in [0.3, 0.4) is 0 Å². The summed E-state index contributed by atoms with van der Waals surface area (Å²) < 4.78 is 26.7. The van der Waals surface area contributed by atoms with Gasteiger partial charge < -0.3 is 25.8 Å². The first-order valence-corrected chi connectivity index (χ1v) is 14.6. The summed E-state index contributed by atoms with van der Waals surface area (Å²) in [5.74, 6) is 0.375. The van der Waals surface area contributed by atoms with E-state index in [1.54, 1.807) is 0 Å². The molecule has 0 unspecified atom stereocenters. The maximum atomic E-state index is 14.7. The van der Waals surface area contributed by atoms with E-state index in [1.807, 2.05) is 23.9 Å². The summed E-state index contributed by atoms with van der Waals surface area (Å²) in [5.41, 5.74) is 7.72. The van der Waals surface area contributed by atoms with Crippen molar-refractivity contribution < 1.29 is 18.7 Å². The zero-order valence-electron chi connectivity index (χ0n) is 21.4. The van der Waals surface area contributed by atoms with Crippen LogP contribution in [0.25, 0.3) is 0 Å². The van der Waals surface area contributed by atoms with Crippen LogP contribution in [0.5, 0.6) is 0 Å². The van der Waals surface area contributed by atoms with E-state index < -0.39 is 5.82 Å². The van der Waals surface area contributed by atoms with Gasteiger partial charge >= 0.3 is 0 Å². The Kier molecular flexibility index (Phi) is 7.69. The Balaban J connectivity index is 1.24. The maximum Gasteiger partial charge on any atom is 0.229 e. The third-order valence-corrected chi connectivity index (χ3v) is 9.80. The number of amides is 1. The van der Waals surface area contributed by atoms with Crippen molar-refractivity contribution in [3.8, 4) is 0 Å². The third kappa shape index (κ3) is 5.47. The van der Waals surface area contributed by atoms with Crippen LogP contribution in [0.1, 0.15) is 30.9 Å². The molecule has 6 atom stereocenters. The lowest BCUT2D eigenvalue weighted by molar-refractivity contribution is -0.123. The van der Waals surface area contributed by atoms with Crippen LogP contribution in [-0.2, 0) is 14.3 Å². The third-order valence-electron chi connectivity index (χ3n) is 8.34. The Morgan fingerprint density at radius 3 is 3.00 bits per heavy atom. The first-order valence-electron chi connectivity index (χ1n) is 13.5. The van der Waals surface area contributed by atoms with Gasteiger partial charge in [-0.1, -0.05) is 12.1 Å². The summed E-state index contributed by atoms with van der Waals surface area (Å²) in [6.45, 7) is 5.24. The number of nitrogens with one attached hydrogen (secondary N) is 2. The minimum atomic E-state index is -0.544. The first-order chi connectivity index (χ1) is 18.5. The van der Waals surface area contributed by atoms with Gasteiger partial charge in [0.05, 0.1) is 31.4 Å². The van der Waals surface area contributed by atoms with Gasteiger partial charge in [0.25, 0.3) is 0 Å². The first kappa shape index (κ1) is 25.8. The average Bonchev–Trinajstić information content (AvgIpc) is 3.49. The van der Waals surface area contributed by atoms with E-state index in [0.29, 0.717) is 11.9 Å². The van der Waals surface area contributed by atoms with Crippen molar-refractivity contribution in [2.24, 2.45) is 23.5 Å². The lowest BCUT2D eigenvalue weighted by atomic mass is 9.83. The highest BCUT2D eigenvalue weighted by Crippen LogP contribution is 2.54. The smallest absolute Gasteiger partial charge is 0.229 e. The molecule has 3 heterocycles. The maximum absolute atomic E-state index is 14.7. The molecule has 1 aromatic carbocycles. The van der Waals surface area contributed by atoms with Crippen LogP contribution >= 0.6 is 11.8 Å². The van der Waals surface area contributed by atoms with Gasteiger partial charge in [0, 0.05) is 49.0 Å². The number of thioether (sulfide) groups is 1. The van der Waals surface area contributed by atoms with Crippen molar-refractivity contribution in [2.45, 2.75) is 36.7 Å². The van der Waals surface area contributed by atoms with Gasteiger partial charge in [-0.3, -0.25) is 9.69 Å². The normalized spacial score (nSPS) is 30.8. The lowest BCUT2D eigenvalue weighted by Gasteiger charge is -2.35. The van der Waals surface area contributed by atoms with Crippen molar-refractivity contribution in [3.63, 3.8) is 0 Å². The molecule has 2 aromatic rings. The van der Waals surface area contributed by atoms with E-state index in [-0.39, 0.29) is 47.6 Å². The number of nitrogens with two attached hydrogens (primary N) is 1. The number of primary amides is 1. The highest BCUT2D eigenvalue weighted by Gasteiger charge is 2.55. The van der Waals surface area contributed by atoms with Gasteiger partial charge in [-0.2, -0.15) is 16.7 Å². The van der Waals surface area contributed by atoms with Crippen molar-refractivity contribution in [2.75, 3.05) is 55.8 Å².